The minimum Gasteiger partial charge on any atom is -0.462 e. The summed E-state index contributed by atoms with van der Waals surface area (Å²) in [5, 5.41) is 9.17. The fraction of sp³-hybridized carbons (Fsp3) is 0.381. The molecule has 1 amide bonds. The Hall–Kier alpha value is -1.58. The van der Waals surface area contributed by atoms with Crippen molar-refractivity contribution < 1.29 is 14.3 Å². The Morgan fingerprint density at radius 2 is 1.84 bits per heavy atom. The highest BCUT2D eigenvalue weighted by atomic mass is 35.6. The van der Waals surface area contributed by atoms with Crippen molar-refractivity contribution >= 4 is 80.3 Å². The third-order valence-corrected chi connectivity index (χ3v) is 6.87. The van der Waals surface area contributed by atoms with E-state index in [2.05, 4.69) is 16.0 Å². The first-order chi connectivity index (χ1) is 15.2. The van der Waals surface area contributed by atoms with Gasteiger partial charge in [0.2, 0.25) is 3.79 Å². The van der Waals surface area contributed by atoms with Crippen LogP contribution in [0.4, 0.5) is 5.00 Å². The van der Waals surface area contributed by atoms with Crippen molar-refractivity contribution in [1.82, 2.24) is 10.6 Å². The molecule has 0 saturated heterocycles. The maximum atomic E-state index is 12.6. The number of nitrogens with one attached hydrogen (secondary N) is 3. The molecule has 172 valence electrons. The van der Waals surface area contributed by atoms with Gasteiger partial charge in [0.1, 0.15) is 11.2 Å². The zero-order chi connectivity index (χ0) is 23.3. The minimum absolute atomic E-state index is 0.0961. The van der Waals surface area contributed by atoms with Gasteiger partial charge in [0, 0.05) is 10.4 Å². The lowest BCUT2D eigenvalue weighted by atomic mass is 9.95. The third kappa shape index (κ3) is 6.26. The van der Waals surface area contributed by atoms with E-state index in [9.17, 15) is 9.59 Å². The normalized spacial score (nSPS) is 14.1. The molecule has 3 N–H and O–H groups in total. The lowest BCUT2D eigenvalue weighted by molar-refractivity contribution is 0.0526. The van der Waals surface area contributed by atoms with Crippen molar-refractivity contribution in [1.29, 1.82) is 0 Å². The van der Waals surface area contributed by atoms with Gasteiger partial charge < -0.3 is 20.7 Å². The Morgan fingerprint density at radius 3 is 2.50 bits per heavy atom. The van der Waals surface area contributed by atoms with Crippen molar-refractivity contribution in [2.24, 2.45) is 0 Å². The second kappa shape index (κ2) is 11.0. The number of amides is 1. The van der Waals surface area contributed by atoms with Crippen LogP contribution in [0, 0.1) is 0 Å². The molecule has 1 heterocycles. The molecule has 0 aliphatic heterocycles. The third-order valence-electron chi connectivity index (χ3n) is 4.79. The van der Waals surface area contributed by atoms with Crippen LogP contribution in [0.2, 0.25) is 0 Å². The molecule has 0 unspecified atom stereocenters. The summed E-state index contributed by atoms with van der Waals surface area (Å²) in [6, 6.07) is 8.54. The topological polar surface area (TPSA) is 79.5 Å². The SMILES string of the molecule is CCOC(=O)c1c(NC(=S)N[C@@H](NC(=O)c2ccccc2)C(Cl)(Cl)Cl)sc2c1CCCC2. The maximum Gasteiger partial charge on any atom is 0.341 e. The van der Waals surface area contributed by atoms with Gasteiger partial charge in [0.05, 0.1) is 12.2 Å². The number of carbonyl (C=O) groups is 2. The first kappa shape index (κ1) is 25.1. The fourth-order valence-corrected chi connectivity index (χ4v) is 5.24. The Bertz CT molecular complexity index is 993. The summed E-state index contributed by atoms with van der Waals surface area (Å²) in [7, 11) is 0. The average molecular weight is 535 g/mol. The second-order valence-corrected chi connectivity index (χ2v) is 10.9. The molecule has 0 bridgehead atoms. The molecule has 0 fully saturated rings. The van der Waals surface area contributed by atoms with Gasteiger partial charge >= 0.3 is 5.97 Å². The summed E-state index contributed by atoms with van der Waals surface area (Å²) in [5.41, 5.74) is 1.90. The van der Waals surface area contributed by atoms with E-state index in [1.54, 1.807) is 37.3 Å². The highest BCUT2D eigenvalue weighted by molar-refractivity contribution is 7.80. The average Bonchev–Trinajstić information content (AvgIpc) is 3.11. The van der Waals surface area contributed by atoms with Crippen LogP contribution in [0.1, 0.15) is 50.9 Å². The molecule has 1 aromatic carbocycles. The monoisotopic (exact) mass is 533 g/mol. The standard InChI is InChI=1S/C21H22Cl3N3O3S2/c1-2-30-18(29)15-13-10-6-7-11-14(13)32-17(15)26-20(31)27-19(21(22,23)24)25-16(28)12-8-4-3-5-9-12/h3-5,8-9,19H,2,6-7,10-11H2,1H3,(H,25,28)(H2,26,27,31)/t19-/m1/s1. The van der Waals surface area contributed by atoms with Gasteiger partial charge in [-0.15, -0.1) is 11.3 Å². The molecule has 0 radical (unpaired) electrons. The smallest absolute Gasteiger partial charge is 0.341 e. The largest absolute Gasteiger partial charge is 0.462 e. The molecule has 1 aliphatic rings. The van der Waals surface area contributed by atoms with Crippen molar-refractivity contribution in [3.63, 3.8) is 0 Å². The number of hydrogen-bond donors (Lipinski definition) is 3. The Kier molecular flexibility index (Phi) is 8.63. The van der Waals surface area contributed by atoms with Crippen molar-refractivity contribution in [3.8, 4) is 0 Å². The van der Waals surface area contributed by atoms with Gasteiger partial charge in [-0.3, -0.25) is 4.79 Å². The molecule has 3 rings (SSSR count). The maximum absolute atomic E-state index is 12.6. The molecule has 32 heavy (non-hydrogen) atoms. The highest BCUT2D eigenvalue weighted by Crippen LogP contribution is 2.38. The number of ether oxygens (including phenoxy) is 1. The van der Waals surface area contributed by atoms with Crippen molar-refractivity contribution in [2.45, 2.75) is 42.6 Å². The highest BCUT2D eigenvalue weighted by Gasteiger charge is 2.35. The fourth-order valence-electron chi connectivity index (χ4n) is 3.35. The van der Waals surface area contributed by atoms with Crippen molar-refractivity contribution in [3.05, 3.63) is 51.9 Å². The molecule has 11 heteroatoms. The molecule has 1 atom stereocenters. The van der Waals surface area contributed by atoms with E-state index in [-0.39, 0.29) is 11.7 Å². The van der Waals surface area contributed by atoms with Crippen LogP contribution in [-0.2, 0) is 17.6 Å². The van der Waals surface area contributed by atoms with Crippen LogP contribution in [-0.4, -0.2) is 33.6 Å². The molecule has 1 aliphatic carbocycles. The van der Waals surface area contributed by atoms with Gasteiger partial charge in [-0.25, -0.2) is 4.79 Å². The summed E-state index contributed by atoms with van der Waals surface area (Å²) in [6.45, 7) is 2.03. The molecule has 6 nitrogen and oxygen atoms in total. The van der Waals surface area contributed by atoms with Crippen LogP contribution in [0.15, 0.2) is 30.3 Å². The number of thiophene rings is 1. The predicted molar refractivity (Wildman–Crippen MR) is 134 cm³/mol. The Labute approximate surface area is 210 Å². The summed E-state index contributed by atoms with van der Waals surface area (Å²) >= 11 is 25.1. The lowest BCUT2D eigenvalue weighted by Gasteiger charge is -2.27. The van der Waals surface area contributed by atoms with E-state index in [0.717, 1.165) is 36.1 Å². The Morgan fingerprint density at radius 1 is 1.16 bits per heavy atom. The molecule has 0 spiro atoms. The number of hydrogen-bond acceptors (Lipinski definition) is 5. The predicted octanol–water partition coefficient (Wildman–Crippen LogP) is 5.22. The number of halogens is 3. The van der Waals surface area contributed by atoms with Crippen LogP contribution in [0.5, 0.6) is 0 Å². The number of esters is 1. The molecule has 1 aromatic heterocycles. The summed E-state index contributed by atoms with van der Waals surface area (Å²) < 4.78 is 3.36. The van der Waals surface area contributed by atoms with Crippen LogP contribution >= 0.6 is 58.4 Å². The summed E-state index contributed by atoms with van der Waals surface area (Å²) in [5.74, 6) is -0.830. The number of anilines is 1. The van der Waals surface area contributed by atoms with E-state index < -0.39 is 21.8 Å². The van der Waals surface area contributed by atoms with Crippen LogP contribution < -0.4 is 16.0 Å². The number of benzene rings is 1. The van der Waals surface area contributed by atoms with E-state index in [1.807, 2.05) is 0 Å². The molecule has 2 aromatic rings. The van der Waals surface area contributed by atoms with Gasteiger partial charge in [0.25, 0.3) is 5.91 Å². The zero-order valence-corrected chi connectivity index (χ0v) is 21.1. The quantitative estimate of drug-likeness (QED) is 0.204. The number of carbonyl (C=O) groups excluding carboxylic acids is 2. The van der Waals surface area contributed by atoms with Gasteiger partial charge in [-0.2, -0.15) is 0 Å². The van der Waals surface area contributed by atoms with Gasteiger partial charge in [0.15, 0.2) is 5.11 Å². The number of alkyl halides is 3. The minimum atomic E-state index is -1.89. The number of fused-ring (bicyclic) bond motifs is 1. The van der Waals surface area contributed by atoms with Gasteiger partial charge in [-0.1, -0.05) is 53.0 Å². The first-order valence-corrected chi connectivity index (χ1v) is 12.4. The number of aryl methyl sites for hydroxylation is 1. The molecular formula is C21H22Cl3N3O3S2. The van der Waals surface area contributed by atoms with E-state index in [4.69, 9.17) is 51.8 Å². The first-order valence-electron chi connectivity index (χ1n) is 10.0. The van der Waals surface area contributed by atoms with Crippen LogP contribution in [0.3, 0.4) is 0 Å². The molecule has 0 saturated carbocycles. The van der Waals surface area contributed by atoms with E-state index in [1.165, 1.54) is 11.3 Å². The lowest BCUT2D eigenvalue weighted by Crippen LogP contribution is -2.56. The van der Waals surface area contributed by atoms with E-state index >= 15 is 0 Å². The second-order valence-electron chi connectivity index (χ2n) is 7.05. The van der Waals surface area contributed by atoms with Gasteiger partial charge in [-0.05, 0) is 62.5 Å². The Balaban J connectivity index is 1.77. The zero-order valence-electron chi connectivity index (χ0n) is 17.2. The van der Waals surface area contributed by atoms with Crippen molar-refractivity contribution in [2.75, 3.05) is 11.9 Å². The number of rotatable bonds is 6. The number of thiocarbonyl (C=S) groups is 1. The van der Waals surface area contributed by atoms with Crippen LogP contribution in [0.25, 0.3) is 0 Å². The summed E-state index contributed by atoms with van der Waals surface area (Å²) in [6.07, 6.45) is 2.67. The molecular weight excluding hydrogens is 513 g/mol. The van der Waals surface area contributed by atoms with E-state index in [0.29, 0.717) is 16.1 Å². The summed E-state index contributed by atoms with van der Waals surface area (Å²) in [4.78, 5) is 26.3.